The van der Waals surface area contributed by atoms with Crippen LogP contribution in [0.25, 0.3) is 0 Å². The minimum atomic E-state index is -4.55. The van der Waals surface area contributed by atoms with Crippen LogP contribution in [0.1, 0.15) is 60.8 Å². The van der Waals surface area contributed by atoms with Gasteiger partial charge in [0.25, 0.3) is 5.91 Å². The number of aromatic nitrogens is 2. The Kier molecular flexibility index (Phi) is 8.21. The summed E-state index contributed by atoms with van der Waals surface area (Å²) in [7, 11) is 0. The lowest BCUT2D eigenvalue weighted by atomic mass is 9.81. The number of hydrogen-bond donors (Lipinski definition) is 3. The Labute approximate surface area is 220 Å². The minimum absolute atomic E-state index is 0.00691. The maximum Gasteiger partial charge on any atom is 0.408 e. The lowest BCUT2D eigenvalue weighted by molar-refractivity contribution is -0.154. The van der Waals surface area contributed by atoms with Crippen molar-refractivity contribution in [3.63, 3.8) is 0 Å². The number of carbonyl (C=O) groups excluding carboxylic acids is 3. The number of hydrogen-bond acceptors (Lipinski definition) is 6. The van der Waals surface area contributed by atoms with E-state index in [9.17, 15) is 36.3 Å². The van der Waals surface area contributed by atoms with Gasteiger partial charge in [-0.05, 0) is 55.7 Å². The van der Waals surface area contributed by atoms with E-state index in [1.54, 1.807) is 6.92 Å². The van der Waals surface area contributed by atoms with Crippen molar-refractivity contribution < 1.29 is 40.8 Å². The Morgan fingerprint density at radius 2 is 1.95 bits per heavy atom. The molecule has 2 aromatic heterocycles. The molecular weight excluding hydrogens is 529 g/mol. The second kappa shape index (κ2) is 11.3. The lowest BCUT2D eigenvalue weighted by Gasteiger charge is -2.33. The molecule has 1 aliphatic carbocycles. The molecule has 1 aliphatic heterocycles. The fraction of sp³-hybridized carbons (Fsp3) is 0.560. The van der Waals surface area contributed by atoms with Crippen molar-refractivity contribution in [1.82, 2.24) is 20.6 Å². The van der Waals surface area contributed by atoms with Crippen molar-refractivity contribution >= 4 is 23.5 Å². The van der Waals surface area contributed by atoms with Gasteiger partial charge in [0.2, 0.25) is 23.5 Å². The average molecular weight is 558 g/mol. The van der Waals surface area contributed by atoms with Gasteiger partial charge in [0.1, 0.15) is 17.9 Å². The molecule has 1 saturated carbocycles. The molecule has 0 unspecified atom stereocenters. The number of aryl methyl sites for hydroxylation is 1. The number of rotatable bonds is 8. The number of pyridine rings is 1. The number of nitrogens with zero attached hydrogens (tertiary/aromatic N) is 2. The summed E-state index contributed by atoms with van der Waals surface area (Å²) in [5, 5.41) is 7.11. The van der Waals surface area contributed by atoms with Crippen molar-refractivity contribution in [2.75, 3.05) is 5.32 Å². The molecule has 0 spiro atoms. The van der Waals surface area contributed by atoms with Crippen LogP contribution in [0, 0.1) is 11.8 Å². The molecule has 212 valence electrons. The first kappa shape index (κ1) is 28.4. The Hall–Kier alpha value is -3.58. The SMILES string of the molecule is CCc1ncoc1C(=O)N[C@@H](C(=O)Nc1cc(C[C@H]2C[C@@H](C(F)(F)F)NC2=O)ccn1)C1CCC(F)(F)CC1. The fourth-order valence-corrected chi connectivity index (χ4v) is 5.00. The highest BCUT2D eigenvalue weighted by Crippen LogP contribution is 2.38. The van der Waals surface area contributed by atoms with E-state index in [1.165, 1.54) is 18.3 Å². The van der Waals surface area contributed by atoms with E-state index in [2.05, 4.69) is 20.6 Å². The summed E-state index contributed by atoms with van der Waals surface area (Å²) in [6, 6.07) is -0.170. The van der Waals surface area contributed by atoms with Crippen LogP contribution in [-0.4, -0.2) is 51.9 Å². The zero-order valence-corrected chi connectivity index (χ0v) is 21.0. The van der Waals surface area contributed by atoms with Crippen LogP contribution in [0.5, 0.6) is 0 Å². The van der Waals surface area contributed by atoms with Gasteiger partial charge < -0.3 is 20.4 Å². The van der Waals surface area contributed by atoms with Crippen LogP contribution >= 0.6 is 0 Å². The average Bonchev–Trinajstić information content (AvgIpc) is 3.49. The summed E-state index contributed by atoms with van der Waals surface area (Å²) in [5.41, 5.74) is 0.843. The third-order valence-electron chi connectivity index (χ3n) is 7.14. The summed E-state index contributed by atoms with van der Waals surface area (Å²) in [5.74, 6) is -6.52. The summed E-state index contributed by atoms with van der Waals surface area (Å²) in [4.78, 5) is 46.3. The van der Waals surface area contributed by atoms with E-state index in [1.807, 2.05) is 5.32 Å². The molecule has 3 heterocycles. The van der Waals surface area contributed by atoms with Gasteiger partial charge in [-0.3, -0.25) is 14.4 Å². The van der Waals surface area contributed by atoms with Gasteiger partial charge in [-0.2, -0.15) is 13.2 Å². The zero-order valence-electron chi connectivity index (χ0n) is 21.0. The highest BCUT2D eigenvalue weighted by molar-refractivity contribution is 6.00. The molecule has 4 rings (SSSR count). The molecule has 14 heteroatoms. The number of oxazole rings is 1. The molecule has 3 atom stereocenters. The third-order valence-corrected chi connectivity index (χ3v) is 7.14. The fourth-order valence-electron chi connectivity index (χ4n) is 5.00. The van der Waals surface area contributed by atoms with E-state index in [0.717, 1.165) is 6.39 Å². The number of alkyl halides is 5. The van der Waals surface area contributed by atoms with Gasteiger partial charge in [0, 0.05) is 25.0 Å². The second-order valence-corrected chi connectivity index (χ2v) is 9.90. The smallest absolute Gasteiger partial charge is 0.408 e. The van der Waals surface area contributed by atoms with Crippen molar-refractivity contribution in [2.24, 2.45) is 11.8 Å². The topological polar surface area (TPSA) is 126 Å². The van der Waals surface area contributed by atoms with E-state index in [-0.39, 0.29) is 30.8 Å². The summed E-state index contributed by atoms with van der Waals surface area (Å²) < 4.78 is 71.7. The van der Waals surface area contributed by atoms with Crippen molar-refractivity contribution in [3.05, 3.63) is 41.7 Å². The molecule has 2 fully saturated rings. The lowest BCUT2D eigenvalue weighted by Crippen LogP contribution is -2.50. The Balaban J connectivity index is 1.47. The van der Waals surface area contributed by atoms with Gasteiger partial charge in [-0.1, -0.05) is 6.92 Å². The molecule has 2 aliphatic rings. The Bertz CT molecular complexity index is 1210. The second-order valence-electron chi connectivity index (χ2n) is 9.90. The molecule has 9 nitrogen and oxygen atoms in total. The van der Waals surface area contributed by atoms with Gasteiger partial charge in [-0.25, -0.2) is 18.7 Å². The van der Waals surface area contributed by atoms with E-state index >= 15 is 0 Å². The van der Waals surface area contributed by atoms with Gasteiger partial charge in [-0.15, -0.1) is 0 Å². The van der Waals surface area contributed by atoms with Crippen LogP contribution in [0.4, 0.5) is 27.8 Å². The van der Waals surface area contributed by atoms with Crippen LogP contribution in [0.15, 0.2) is 29.1 Å². The van der Waals surface area contributed by atoms with Crippen LogP contribution < -0.4 is 16.0 Å². The normalized spacial score (nSPS) is 22.3. The van der Waals surface area contributed by atoms with Crippen LogP contribution in [-0.2, 0) is 22.4 Å². The molecule has 39 heavy (non-hydrogen) atoms. The highest BCUT2D eigenvalue weighted by atomic mass is 19.4. The third kappa shape index (κ3) is 6.90. The molecule has 2 aromatic rings. The number of halogens is 5. The van der Waals surface area contributed by atoms with Gasteiger partial charge in [0.05, 0.1) is 5.69 Å². The van der Waals surface area contributed by atoms with E-state index < -0.39 is 73.0 Å². The molecule has 3 N–H and O–H groups in total. The van der Waals surface area contributed by atoms with Crippen molar-refractivity contribution in [3.8, 4) is 0 Å². The summed E-state index contributed by atoms with van der Waals surface area (Å²) >= 11 is 0. The predicted molar refractivity (Wildman–Crippen MR) is 127 cm³/mol. The van der Waals surface area contributed by atoms with Crippen molar-refractivity contribution in [1.29, 1.82) is 0 Å². The summed E-state index contributed by atoms with van der Waals surface area (Å²) in [6.07, 6.45) is -3.02. The monoisotopic (exact) mass is 557 g/mol. The number of nitrogens with one attached hydrogen (secondary N) is 3. The highest BCUT2D eigenvalue weighted by Gasteiger charge is 2.47. The zero-order chi connectivity index (χ0) is 28.4. The molecule has 0 radical (unpaired) electrons. The first-order valence-electron chi connectivity index (χ1n) is 12.6. The van der Waals surface area contributed by atoms with Crippen LogP contribution in [0.3, 0.4) is 0 Å². The quantitative estimate of drug-likeness (QED) is 0.424. The van der Waals surface area contributed by atoms with Crippen molar-refractivity contribution in [2.45, 2.75) is 76.1 Å². The Morgan fingerprint density at radius 1 is 1.23 bits per heavy atom. The first-order chi connectivity index (χ1) is 18.4. The molecule has 1 saturated heterocycles. The molecule has 3 amide bonds. The number of amides is 3. The minimum Gasteiger partial charge on any atom is -0.438 e. The predicted octanol–water partition coefficient (Wildman–Crippen LogP) is 3.80. The molecular formula is C25H28F5N5O4. The number of anilines is 1. The Morgan fingerprint density at radius 3 is 2.59 bits per heavy atom. The standard InChI is InChI=1S/C25H28F5N5O4/c1-2-16-20(39-12-32-16)23(38)35-19(14-3-6-24(26,27)7-4-14)22(37)34-18-10-13(5-8-31-18)9-15-11-17(25(28,29)30)33-21(15)36/h5,8,10,12,14-15,17,19H,2-4,6-7,9,11H2,1H3,(H,33,36)(H,35,38)(H,31,34,37)/t15-,17-,19+/m0/s1. The van der Waals surface area contributed by atoms with Gasteiger partial charge >= 0.3 is 6.18 Å². The maximum atomic E-state index is 13.8. The first-order valence-corrected chi connectivity index (χ1v) is 12.6. The summed E-state index contributed by atoms with van der Waals surface area (Å²) in [6.45, 7) is 1.76. The maximum absolute atomic E-state index is 13.8. The van der Waals surface area contributed by atoms with Crippen LogP contribution in [0.2, 0.25) is 0 Å². The van der Waals surface area contributed by atoms with E-state index in [0.29, 0.717) is 17.7 Å². The van der Waals surface area contributed by atoms with Gasteiger partial charge in [0.15, 0.2) is 6.39 Å². The molecule has 0 bridgehead atoms. The van der Waals surface area contributed by atoms with E-state index in [4.69, 9.17) is 4.42 Å². The molecule has 0 aromatic carbocycles. The number of carbonyl (C=O) groups is 3. The largest absolute Gasteiger partial charge is 0.438 e.